The van der Waals surface area contributed by atoms with E-state index in [9.17, 15) is 20.1 Å². The minimum atomic E-state index is -1.74. The Morgan fingerprint density at radius 1 is 0.825 bits per heavy atom. The third-order valence-electron chi connectivity index (χ3n) is 14.7. The van der Waals surface area contributed by atoms with Crippen molar-refractivity contribution in [2.24, 2.45) is 23.7 Å². The van der Waals surface area contributed by atoms with Crippen LogP contribution >= 0.6 is 0 Å². The Morgan fingerprint density at radius 2 is 1.52 bits per heavy atom. The lowest BCUT2D eigenvalue weighted by molar-refractivity contribution is -0.353. The van der Waals surface area contributed by atoms with Gasteiger partial charge in [-0.15, -0.1) is 0 Å². The van der Waals surface area contributed by atoms with E-state index in [1.807, 2.05) is 45.9 Å². The average molecular weight is 891 g/mol. The predicted octanol–water partition coefficient (Wildman–Crippen LogP) is 4.84. The molecule has 3 N–H and O–H groups in total. The first-order valence-corrected chi connectivity index (χ1v) is 23.1. The first-order chi connectivity index (χ1) is 29.9. The third-order valence-corrected chi connectivity index (χ3v) is 14.7. The molecule has 5 saturated heterocycles. The van der Waals surface area contributed by atoms with Gasteiger partial charge in [0.25, 0.3) is 0 Å². The van der Waals surface area contributed by atoms with Crippen molar-refractivity contribution in [3.63, 3.8) is 0 Å². The molecule has 356 valence electrons. The molecular weight excluding hydrogens is 817 g/mol. The minimum Gasteiger partial charge on any atom is -0.462 e. The highest BCUT2D eigenvalue weighted by Crippen LogP contribution is 2.48. The normalized spacial score (nSPS) is 49.6. The average Bonchev–Trinajstić information content (AvgIpc) is 3.57. The van der Waals surface area contributed by atoms with Crippen LogP contribution in [0.4, 0.5) is 0 Å². The lowest BCUT2D eigenvalue weighted by Gasteiger charge is -2.52. The summed E-state index contributed by atoms with van der Waals surface area (Å²) in [5.41, 5.74) is 0.511. The summed E-state index contributed by atoms with van der Waals surface area (Å²) >= 11 is 0. The first-order valence-electron chi connectivity index (χ1n) is 23.1. The second-order valence-electron chi connectivity index (χ2n) is 19.5. The number of carbonyl (C=O) groups is 1. The van der Waals surface area contributed by atoms with Crippen molar-refractivity contribution in [3.05, 3.63) is 47.1 Å². The Hall–Kier alpha value is -2.09. The molecule has 20 atom stereocenters. The monoisotopic (exact) mass is 891 g/mol. The van der Waals surface area contributed by atoms with Crippen molar-refractivity contribution in [1.82, 2.24) is 0 Å². The Kier molecular flexibility index (Phi) is 15.5. The Morgan fingerprint density at radius 3 is 2.22 bits per heavy atom. The zero-order valence-corrected chi connectivity index (χ0v) is 39.0. The van der Waals surface area contributed by atoms with E-state index in [2.05, 4.69) is 26.8 Å². The van der Waals surface area contributed by atoms with E-state index in [-0.39, 0.29) is 49.4 Å². The van der Waals surface area contributed by atoms with Gasteiger partial charge in [-0.3, -0.25) is 4.79 Å². The molecule has 7 rings (SSSR count). The summed E-state index contributed by atoms with van der Waals surface area (Å²) in [5.74, 6) is -3.03. The van der Waals surface area contributed by atoms with Gasteiger partial charge in [-0.2, -0.15) is 0 Å². The molecule has 7 aliphatic rings. The first kappa shape index (κ1) is 48.8. The van der Waals surface area contributed by atoms with E-state index >= 15 is 0 Å². The van der Waals surface area contributed by atoms with Crippen LogP contribution in [0, 0.1) is 23.7 Å². The van der Waals surface area contributed by atoms with Gasteiger partial charge in [0.2, 0.25) is 0 Å². The number of rotatable bonds is 8. The summed E-state index contributed by atoms with van der Waals surface area (Å²) in [7, 11) is 4.79. The standard InChI is InChI=1S/C48H74O15/c1-24(2)41-28(6)35(49)22-47(63-41)21-33-18-32(62-47)16-15-26(4)42(60-39-20-37(54-10)44(30(8)58-39)61-38-19-36(53-9)40(50)29(7)57-38)25(3)13-12-14-31-23-56-45-43(55-11)27(5)17-34(46(51)59-33)48(31,45)52/h12-15,17,24-25,28-30,32-45,49-50,52H,16,18-23H2,1-11H3/b13-12+,26-15+,31-14+/t25-,28-,29-,30-,32+,33-,34-,35-,36-,37-,38-,39-,40-,41+,42-,43+,44-,45+,47-,48+/m0/s1. The summed E-state index contributed by atoms with van der Waals surface area (Å²) in [6, 6.07) is 0. The largest absolute Gasteiger partial charge is 0.462 e. The molecule has 1 aliphatic carbocycles. The lowest BCUT2D eigenvalue weighted by atomic mass is 9.70. The molecule has 0 aromatic heterocycles. The molecule has 5 fully saturated rings. The summed E-state index contributed by atoms with van der Waals surface area (Å²) in [6.45, 7) is 15.9. The van der Waals surface area contributed by atoms with Gasteiger partial charge in [0.1, 0.15) is 42.0 Å². The van der Waals surface area contributed by atoms with E-state index in [4.69, 9.17) is 52.1 Å². The zero-order chi connectivity index (χ0) is 45.5. The van der Waals surface area contributed by atoms with Crippen LogP contribution in [0.5, 0.6) is 0 Å². The summed E-state index contributed by atoms with van der Waals surface area (Å²) in [5, 5.41) is 34.7. The fraction of sp³-hybridized carbons (Fsp3) is 0.812. The highest BCUT2D eigenvalue weighted by molar-refractivity contribution is 5.78. The van der Waals surface area contributed by atoms with E-state index in [0.29, 0.717) is 31.3 Å². The number of methoxy groups -OCH3 is 3. The third kappa shape index (κ3) is 9.98. The maximum absolute atomic E-state index is 14.5. The van der Waals surface area contributed by atoms with Crippen molar-refractivity contribution in [3.8, 4) is 0 Å². The maximum Gasteiger partial charge on any atom is 0.316 e. The number of allylic oxidation sites excluding steroid dienone is 2. The number of esters is 1. The fourth-order valence-electron chi connectivity index (χ4n) is 11.1. The second-order valence-corrected chi connectivity index (χ2v) is 19.5. The lowest BCUT2D eigenvalue weighted by Crippen LogP contribution is -2.60. The van der Waals surface area contributed by atoms with E-state index in [0.717, 1.165) is 11.1 Å². The fourth-order valence-corrected chi connectivity index (χ4v) is 11.1. The molecule has 63 heavy (non-hydrogen) atoms. The van der Waals surface area contributed by atoms with Crippen LogP contribution < -0.4 is 0 Å². The SMILES string of the molecule is CO[C@H]1C[C@H](O[C@H]2[C@H](C)O[C@@H](O[C@@H]3/C(C)=C/C[C@@H]4C[C@@H](C[C@]5(C[C@H](O)[C@H](C)[C@@H](C(C)C)O5)O4)OC(=O)[C@@H]4C=C(C)[C@@H](OC)[C@H]5OC/C(=C\C=C\[C@@H]3C)[C@]54O)C[C@@H]2OC)O[C@@H](C)[C@@H]1O. The zero-order valence-electron chi connectivity index (χ0n) is 39.0. The van der Waals surface area contributed by atoms with Crippen LogP contribution in [-0.4, -0.2) is 153 Å². The van der Waals surface area contributed by atoms with Crippen LogP contribution in [0.25, 0.3) is 0 Å². The van der Waals surface area contributed by atoms with Crippen molar-refractivity contribution in [2.45, 2.75) is 197 Å². The summed E-state index contributed by atoms with van der Waals surface area (Å²) in [4.78, 5) is 14.5. The molecule has 0 radical (unpaired) electrons. The molecule has 1 spiro atoms. The number of aliphatic hydroxyl groups is 3. The van der Waals surface area contributed by atoms with Gasteiger partial charge in [0.05, 0.1) is 55.4 Å². The molecule has 0 unspecified atom stereocenters. The van der Waals surface area contributed by atoms with Crippen molar-refractivity contribution in [2.75, 3.05) is 27.9 Å². The highest BCUT2D eigenvalue weighted by atomic mass is 16.7. The van der Waals surface area contributed by atoms with Crippen LogP contribution in [-0.2, 0) is 56.9 Å². The quantitative estimate of drug-likeness (QED) is 0.223. The van der Waals surface area contributed by atoms with Gasteiger partial charge >= 0.3 is 5.97 Å². The van der Waals surface area contributed by atoms with Gasteiger partial charge < -0.3 is 67.4 Å². The predicted molar refractivity (Wildman–Crippen MR) is 229 cm³/mol. The van der Waals surface area contributed by atoms with Crippen molar-refractivity contribution < 1.29 is 72.2 Å². The molecule has 2 bridgehead atoms. The molecule has 15 heteroatoms. The molecule has 6 heterocycles. The van der Waals surface area contributed by atoms with Crippen molar-refractivity contribution in [1.29, 1.82) is 0 Å². The van der Waals surface area contributed by atoms with E-state index < -0.39 is 103 Å². The molecule has 0 amide bonds. The van der Waals surface area contributed by atoms with E-state index in [1.165, 1.54) is 0 Å². The number of ether oxygens (including phenoxy) is 11. The Labute approximate surface area is 373 Å². The molecule has 6 aliphatic heterocycles. The van der Waals surface area contributed by atoms with Gasteiger partial charge in [0.15, 0.2) is 18.4 Å². The van der Waals surface area contributed by atoms with Gasteiger partial charge in [-0.1, -0.05) is 58.1 Å². The number of aliphatic hydroxyl groups excluding tert-OH is 2. The Bertz CT molecular complexity index is 1710. The van der Waals surface area contributed by atoms with Crippen LogP contribution in [0.1, 0.15) is 93.9 Å². The number of hydrogen-bond acceptors (Lipinski definition) is 15. The number of fused-ring (bicyclic) bond motifs is 2. The highest BCUT2D eigenvalue weighted by Gasteiger charge is 2.61. The molecule has 15 nitrogen and oxygen atoms in total. The summed E-state index contributed by atoms with van der Waals surface area (Å²) < 4.78 is 69.7. The molecule has 0 saturated carbocycles. The van der Waals surface area contributed by atoms with Crippen LogP contribution in [0.3, 0.4) is 0 Å². The smallest absolute Gasteiger partial charge is 0.316 e. The van der Waals surface area contributed by atoms with Gasteiger partial charge in [0, 0.05) is 65.3 Å². The van der Waals surface area contributed by atoms with Crippen molar-refractivity contribution >= 4 is 5.97 Å². The van der Waals surface area contributed by atoms with Gasteiger partial charge in [-0.05, 0) is 56.8 Å². The number of hydrogen-bond donors (Lipinski definition) is 3. The van der Waals surface area contributed by atoms with Crippen LogP contribution in [0.2, 0.25) is 0 Å². The summed E-state index contributed by atoms with van der Waals surface area (Å²) in [6.07, 6.45) is 3.50. The maximum atomic E-state index is 14.5. The number of carbonyl (C=O) groups excluding carboxylic acids is 1. The van der Waals surface area contributed by atoms with Gasteiger partial charge in [-0.25, -0.2) is 0 Å². The van der Waals surface area contributed by atoms with E-state index in [1.54, 1.807) is 34.3 Å². The van der Waals surface area contributed by atoms with Crippen LogP contribution in [0.15, 0.2) is 47.1 Å². The molecule has 0 aromatic rings. The molecule has 0 aromatic carbocycles. The minimum absolute atomic E-state index is 0.0967. The molecular formula is C48H74O15. The topological polar surface area (TPSA) is 179 Å². The second kappa shape index (κ2) is 20.0. The Balaban J connectivity index is 1.19.